The summed E-state index contributed by atoms with van der Waals surface area (Å²) in [4.78, 5) is 35.8. The zero-order valence-corrected chi connectivity index (χ0v) is 14.4. The monoisotopic (exact) mass is 348 g/mol. The van der Waals surface area contributed by atoms with Crippen LogP contribution in [-0.4, -0.2) is 37.1 Å². The number of carbonyl (C=O) groups excluding carboxylic acids is 2. The van der Waals surface area contributed by atoms with Crippen molar-refractivity contribution in [1.29, 1.82) is 0 Å². The summed E-state index contributed by atoms with van der Waals surface area (Å²) in [6, 6.07) is -1.08. The van der Waals surface area contributed by atoms with E-state index in [4.69, 9.17) is 9.47 Å². The standard InChI is InChI=1S/C17H20N2O6/c1-9-13(16(20)24-3)15(14(10(2)18-9)17(21)25-4)11-7-5-6-8-12(11)19(22)23/h5-8,11-12,15,18H,1-4H3. The fraction of sp³-hybridized carbons (Fsp3) is 0.412. The lowest BCUT2D eigenvalue weighted by Crippen LogP contribution is -2.42. The van der Waals surface area contributed by atoms with Crippen LogP contribution in [0.2, 0.25) is 0 Å². The van der Waals surface area contributed by atoms with Crippen LogP contribution in [0.3, 0.4) is 0 Å². The van der Waals surface area contributed by atoms with Crippen LogP contribution in [0.5, 0.6) is 0 Å². The first-order valence-electron chi connectivity index (χ1n) is 7.67. The van der Waals surface area contributed by atoms with E-state index in [2.05, 4.69) is 5.32 Å². The highest BCUT2D eigenvalue weighted by Gasteiger charge is 2.46. The maximum atomic E-state index is 12.4. The lowest BCUT2D eigenvalue weighted by atomic mass is 9.72. The van der Waals surface area contributed by atoms with E-state index in [0.717, 1.165) is 0 Å². The minimum Gasteiger partial charge on any atom is -0.466 e. The average Bonchev–Trinajstić information content (AvgIpc) is 2.59. The van der Waals surface area contributed by atoms with Gasteiger partial charge in [0.1, 0.15) is 0 Å². The Balaban J connectivity index is 2.66. The molecule has 1 aliphatic carbocycles. The Morgan fingerprint density at radius 1 is 1.04 bits per heavy atom. The molecule has 2 rings (SSSR count). The first kappa shape index (κ1) is 18.4. The predicted octanol–water partition coefficient (Wildman–Crippen LogP) is 1.49. The third-order valence-corrected chi connectivity index (χ3v) is 4.39. The molecule has 0 bridgehead atoms. The molecule has 8 nitrogen and oxygen atoms in total. The van der Waals surface area contributed by atoms with Crippen molar-refractivity contribution < 1.29 is 24.0 Å². The third-order valence-electron chi connectivity index (χ3n) is 4.39. The van der Waals surface area contributed by atoms with Gasteiger partial charge in [0.15, 0.2) is 0 Å². The maximum absolute atomic E-state index is 12.4. The molecule has 1 heterocycles. The summed E-state index contributed by atoms with van der Waals surface area (Å²) in [5, 5.41) is 14.5. The van der Waals surface area contributed by atoms with Gasteiger partial charge in [-0.15, -0.1) is 0 Å². The van der Waals surface area contributed by atoms with Crippen LogP contribution >= 0.6 is 0 Å². The zero-order chi connectivity index (χ0) is 18.7. The van der Waals surface area contributed by atoms with Crippen molar-refractivity contribution in [2.75, 3.05) is 14.2 Å². The summed E-state index contributed by atoms with van der Waals surface area (Å²) in [5.74, 6) is -2.86. The molecule has 0 spiro atoms. The van der Waals surface area contributed by atoms with Crippen LogP contribution in [0.4, 0.5) is 0 Å². The van der Waals surface area contributed by atoms with Crippen molar-refractivity contribution in [2.45, 2.75) is 19.9 Å². The number of hydrogen-bond acceptors (Lipinski definition) is 7. The van der Waals surface area contributed by atoms with E-state index >= 15 is 0 Å². The number of nitro groups is 1. The van der Waals surface area contributed by atoms with Gasteiger partial charge in [-0.3, -0.25) is 10.1 Å². The van der Waals surface area contributed by atoms with Crippen LogP contribution in [0, 0.1) is 22.0 Å². The smallest absolute Gasteiger partial charge is 0.336 e. The van der Waals surface area contributed by atoms with Gasteiger partial charge in [0.25, 0.3) is 0 Å². The Kier molecular flexibility index (Phi) is 5.41. The molecular formula is C17H20N2O6. The van der Waals surface area contributed by atoms with Gasteiger partial charge in [-0.25, -0.2) is 9.59 Å². The van der Waals surface area contributed by atoms with Crippen molar-refractivity contribution >= 4 is 11.9 Å². The zero-order valence-electron chi connectivity index (χ0n) is 14.4. The molecule has 0 amide bonds. The minimum absolute atomic E-state index is 0.185. The number of nitrogens with zero attached hydrogens (tertiary/aromatic N) is 1. The molecule has 0 aromatic heterocycles. The van der Waals surface area contributed by atoms with Crippen LogP contribution in [-0.2, 0) is 19.1 Å². The molecule has 2 aliphatic rings. The average molecular weight is 348 g/mol. The normalized spacial score (nSPS) is 23.4. The molecule has 0 aromatic carbocycles. The summed E-state index contributed by atoms with van der Waals surface area (Å²) in [7, 11) is 2.45. The van der Waals surface area contributed by atoms with Crippen LogP contribution in [0.15, 0.2) is 46.8 Å². The number of esters is 2. The van der Waals surface area contributed by atoms with Crippen LogP contribution < -0.4 is 5.32 Å². The molecular weight excluding hydrogens is 328 g/mol. The van der Waals surface area contributed by atoms with Crippen LogP contribution in [0.1, 0.15) is 13.8 Å². The number of dihydropyridines is 1. The second kappa shape index (κ2) is 7.33. The Morgan fingerprint density at radius 3 is 1.96 bits per heavy atom. The summed E-state index contributed by atoms with van der Waals surface area (Å²) in [6.07, 6.45) is 6.33. The van der Waals surface area contributed by atoms with Crippen LogP contribution in [0.25, 0.3) is 0 Å². The number of carbonyl (C=O) groups is 2. The number of rotatable bonds is 4. The lowest BCUT2D eigenvalue weighted by molar-refractivity contribution is -0.517. The predicted molar refractivity (Wildman–Crippen MR) is 88.6 cm³/mol. The van der Waals surface area contributed by atoms with Gasteiger partial charge in [0, 0.05) is 22.2 Å². The Hall–Kier alpha value is -2.90. The van der Waals surface area contributed by atoms with Crippen molar-refractivity contribution in [3.8, 4) is 0 Å². The Labute approximate surface area is 145 Å². The van der Waals surface area contributed by atoms with Gasteiger partial charge in [0.05, 0.1) is 31.3 Å². The number of allylic oxidation sites excluding steroid dienone is 4. The van der Waals surface area contributed by atoms with E-state index in [9.17, 15) is 19.7 Å². The number of nitrogens with one attached hydrogen (secondary N) is 1. The molecule has 0 fully saturated rings. The van der Waals surface area contributed by atoms with E-state index in [1.165, 1.54) is 20.3 Å². The van der Waals surface area contributed by atoms with Gasteiger partial charge in [-0.2, -0.15) is 0 Å². The fourth-order valence-corrected chi connectivity index (χ4v) is 3.32. The van der Waals surface area contributed by atoms with Gasteiger partial charge < -0.3 is 14.8 Å². The second-order valence-corrected chi connectivity index (χ2v) is 5.79. The molecule has 1 aliphatic heterocycles. The molecule has 134 valence electrons. The van der Waals surface area contributed by atoms with Crippen molar-refractivity contribution in [2.24, 2.45) is 11.8 Å². The number of methoxy groups -OCH3 is 2. The van der Waals surface area contributed by atoms with Crippen molar-refractivity contribution in [3.63, 3.8) is 0 Å². The van der Waals surface area contributed by atoms with Gasteiger partial charge in [-0.1, -0.05) is 18.2 Å². The SMILES string of the molecule is COC(=O)C1=C(C)NC(C)=C(C(=O)OC)C1C1C=CC=CC1[N+](=O)[O-]. The van der Waals surface area contributed by atoms with E-state index in [-0.39, 0.29) is 11.1 Å². The fourth-order valence-electron chi connectivity index (χ4n) is 3.32. The van der Waals surface area contributed by atoms with Gasteiger partial charge in [-0.05, 0) is 19.9 Å². The Bertz CT molecular complexity index is 693. The highest BCUT2D eigenvalue weighted by Crippen LogP contribution is 2.40. The molecule has 8 heteroatoms. The number of ether oxygens (including phenoxy) is 2. The molecule has 2 atom stereocenters. The highest BCUT2D eigenvalue weighted by atomic mass is 16.6. The molecule has 0 saturated carbocycles. The summed E-state index contributed by atoms with van der Waals surface area (Å²) >= 11 is 0. The van der Waals surface area contributed by atoms with E-state index < -0.39 is 34.7 Å². The summed E-state index contributed by atoms with van der Waals surface area (Å²) in [6.45, 7) is 3.33. The van der Waals surface area contributed by atoms with Crippen molar-refractivity contribution in [3.05, 3.63) is 57.0 Å². The Morgan fingerprint density at radius 2 is 1.52 bits per heavy atom. The second-order valence-electron chi connectivity index (χ2n) is 5.79. The highest BCUT2D eigenvalue weighted by molar-refractivity contribution is 5.98. The first-order chi connectivity index (χ1) is 11.8. The molecule has 0 aromatic rings. The number of hydrogen-bond donors (Lipinski definition) is 1. The molecule has 2 unspecified atom stereocenters. The van der Waals surface area contributed by atoms with Gasteiger partial charge >= 0.3 is 11.9 Å². The summed E-state index contributed by atoms with van der Waals surface area (Å²) < 4.78 is 9.70. The summed E-state index contributed by atoms with van der Waals surface area (Å²) in [5.41, 5.74) is 1.36. The molecule has 1 N–H and O–H groups in total. The van der Waals surface area contributed by atoms with E-state index in [0.29, 0.717) is 11.4 Å². The third kappa shape index (κ3) is 3.33. The molecule has 25 heavy (non-hydrogen) atoms. The quantitative estimate of drug-likeness (QED) is 0.466. The molecule has 0 radical (unpaired) electrons. The molecule has 0 saturated heterocycles. The maximum Gasteiger partial charge on any atom is 0.336 e. The topological polar surface area (TPSA) is 108 Å². The van der Waals surface area contributed by atoms with Gasteiger partial charge in [0.2, 0.25) is 6.04 Å². The lowest BCUT2D eigenvalue weighted by Gasteiger charge is -2.34. The first-order valence-corrected chi connectivity index (χ1v) is 7.67. The largest absolute Gasteiger partial charge is 0.466 e. The minimum atomic E-state index is -1.08. The van der Waals surface area contributed by atoms with E-state index in [1.807, 2.05) is 0 Å². The van der Waals surface area contributed by atoms with E-state index in [1.54, 1.807) is 32.1 Å². The van der Waals surface area contributed by atoms with Crippen molar-refractivity contribution in [1.82, 2.24) is 5.32 Å².